The van der Waals surface area contributed by atoms with Crippen LogP contribution in [0, 0.1) is 0 Å². The van der Waals surface area contributed by atoms with Gasteiger partial charge in [0, 0.05) is 4.88 Å². The van der Waals surface area contributed by atoms with Gasteiger partial charge in [-0.2, -0.15) is 0 Å². The summed E-state index contributed by atoms with van der Waals surface area (Å²) in [6.45, 7) is 0.913. The summed E-state index contributed by atoms with van der Waals surface area (Å²) in [5.74, 6) is 0. The maximum atomic E-state index is 11.7. The van der Waals surface area contributed by atoms with Crippen LogP contribution in [0.3, 0.4) is 0 Å². The zero-order valence-electron chi connectivity index (χ0n) is 10.7. The molecule has 104 valence electrons. The number of nitrogens with one attached hydrogen (secondary N) is 1. The van der Waals surface area contributed by atoms with Gasteiger partial charge in [-0.05, 0) is 29.1 Å². The van der Waals surface area contributed by atoms with Crippen molar-refractivity contribution >= 4 is 28.8 Å². The van der Waals surface area contributed by atoms with Crippen molar-refractivity contribution in [1.29, 1.82) is 0 Å². The smallest absolute Gasteiger partial charge is 0.412 e. The summed E-state index contributed by atoms with van der Waals surface area (Å²) in [4.78, 5) is 12.8. The van der Waals surface area contributed by atoms with Crippen LogP contribution >= 0.6 is 11.3 Å². The Balaban J connectivity index is 1.74. The molecule has 0 atom stereocenters. The molecular formula is C14H14N2O3S. The fraction of sp³-hybridized carbons (Fsp3) is 0.214. The molecular weight excluding hydrogens is 276 g/mol. The van der Waals surface area contributed by atoms with Crippen molar-refractivity contribution in [3.63, 3.8) is 0 Å². The third-order valence-corrected chi connectivity index (χ3v) is 3.90. The van der Waals surface area contributed by atoms with Gasteiger partial charge in [0.05, 0.1) is 24.6 Å². The highest BCUT2D eigenvalue weighted by atomic mass is 32.1. The van der Waals surface area contributed by atoms with Gasteiger partial charge in [0.15, 0.2) is 6.10 Å². The van der Waals surface area contributed by atoms with Crippen molar-refractivity contribution in [1.82, 2.24) is 0 Å². The third kappa shape index (κ3) is 2.76. The van der Waals surface area contributed by atoms with Crippen LogP contribution in [0.25, 0.3) is 10.4 Å². The van der Waals surface area contributed by atoms with Crippen molar-refractivity contribution in [2.45, 2.75) is 6.10 Å². The summed E-state index contributed by atoms with van der Waals surface area (Å²) in [5.41, 5.74) is 7.95. The van der Waals surface area contributed by atoms with E-state index in [9.17, 15) is 4.79 Å². The van der Waals surface area contributed by atoms with E-state index in [-0.39, 0.29) is 6.10 Å². The average molecular weight is 290 g/mol. The van der Waals surface area contributed by atoms with Gasteiger partial charge in [-0.15, -0.1) is 11.3 Å². The lowest BCUT2D eigenvalue weighted by Gasteiger charge is -2.25. The number of ether oxygens (including phenoxy) is 2. The van der Waals surface area contributed by atoms with Gasteiger partial charge in [-0.25, -0.2) is 4.79 Å². The Kier molecular flexibility index (Phi) is 3.58. The molecule has 0 saturated carbocycles. The molecule has 1 fully saturated rings. The zero-order chi connectivity index (χ0) is 13.9. The third-order valence-electron chi connectivity index (χ3n) is 2.98. The standard InChI is InChI=1S/C14H14N2O3S/c15-11-4-3-9(13-2-1-5-20-13)6-12(11)16-14(17)19-10-7-18-8-10/h1-6,10H,7-8,15H2,(H,16,17). The van der Waals surface area contributed by atoms with Crippen molar-refractivity contribution in [2.75, 3.05) is 24.3 Å². The Morgan fingerprint density at radius 1 is 1.40 bits per heavy atom. The first kappa shape index (κ1) is 13.0. The van der Waals surface area contributed by atoms with Crippen LogP contribution in [-0.2, 0) is 9.47 Å². The Morgan fingerprint density at radius 3 is 2.90 bits per heavy atom. The SMILES string of the molecule is Nc1ccc(-c2cccs2)cc1NC(=O)OC1COC1. The first-order valence-electron chi connectivity index (χ1n) is 6.21. The molecule has 3 N–H and O–H groups in total. The van der Waals surface area contributed by atoms with Crippen molar-refractivity contribution < 1.29 is 14.3 Å². The molecule has 1 amide bonds. The lowest BCUT2D eigenvalue weighted by Crippen LogP contribution is -2.39. The molecule has 20 heavy (non-hydrogen) atoms. The number of rotatable bonds is 3. The molecule has 6 heteroatoms. The van der Waals surface area contributed by atoms with E-state index >= 15 is 0 Å². The topological polar surface area (TPSA) is 73.6 Å². The molecule has 0 aliphatic carbocycles. The highest BCUT2D eigenvalue weighted by Gasteiger charge is 2.23. The predicted octanol–water partition coefficient (Wildman–Crippen LogP) is 2.94. The summed E-state index contributed by atoms with van der Waals surface area (Å²) >= 11 is 1.63. The van der Waals surface area contributed by atoms with E-state index in [1.54, 1.807) is 17.4 Å². The molecule has 2 heterocycles. The van der Waals surface area contributed by atoms with Crippen LogP contribution in [-0.4, -0.2) is 25.4 Å². The van der Waals surface area contributed by atoms with Gasteiger partial charge in [0.2, 0.25) is 0 Å². The minimum atomic E-state index is -0.506. The molecule has 0 bridgehead atoms. The van der Waals surface area contributed by atoms with Crippen LogP contribution in [0.15, 0.2) is 35.7 Å². The fourth-order valence-corrected chi connectivity index (χ4v) is 2.56. The first-order chi connectivity index (χ1) is 9.72. The lowest BCUT2D eigenvalue weighted by molar-refractivity contribution is -0.0951. The minimum Gasteiger partial charge on any atom is -0.441 e. The molecule has 3 rings (SSSR count). The second kappa shape index (κ2) is 5.52. The predicted molar refractivity (Wildman–Crippen MR) is 78.9 cm³/mol. The van der Waals surface area contributed by atoms with Crippen LogP contribution in [0.2, 0.25) is 0 Å². The summed E-state index contributed by atoms with van der Waals surface area (Å²) in [7, 11) is 0. The van der Waals surface area contributed by atoms with E-state index in [1.807, 2.05) is 29.6 Å². The number of amides is 1. The monoisotopic (exact) mass is 290 g/mol. The Morgan fingerprint density at radius 2 is 2.25 bits per heavy atom. The van der Waals surface area contributed by atoms with Crippen LogP contribution in [0.4, 0.5) is 16.2 Å². The molecule has 1 saturated heterocycles. The van der Waals surface area contributed by atoms with E-state index in [1.165, 1.54) is 0 Å². The molecule has 1 aliphatic heterocycles. The molecule has 1 aromatic carbocycles. The largest absolute Gasteiger partial charge is 0.441 e. The lowest BCUT2D eigenvalue weighted by atomic mass is 10.1. The number of anilines is 2. The maximum absolute atomic E-state index is 11.7. The number of nitrogens with two attached hydrogens (primary N) is 1. The molecule has 0 unspecified atom stereocenters. The highest BCUT2D eigenvalue weighted by Crippen LogP contribution is 2.30. The average Bonchev–Trinajstić information content (AvgIpc) is 2.90. The van der Waals surface area contributed by atoms with Crippen LogP contribution in [0.5, 0.6) is 0 Å². The van der Waals surface area contributed by atoms with Crippen LogP contribution in [0.1, 0.15) is 0 Å². The fourth-order valence-electron chi connectivity index (χ4n) is 1.83. The summed E-state index contributed by atoms with van der Waals surface area (Å²) < 4.78 is 10.1. The van der Waals surface area contributed by atoms with Gasteiger partial charge < -0.3 is 15.2 Å². The van der Waals surface area contributed by atoms with Gasteiger partial charge in [-0.1, -0.05) is 12.1 Å². The van der Waals surface area contributed by atoms with E-state index < -0.39 is 6.09 Å². The van der Waals surface area contributed by atoms with E-state index in [0.717, 1.165) is 10.4 Å². The number of nitrogen functional groups attached to an aromatic ring is 1. The summed E-state index contributed by atoms with van der Waals surface area (Å²) in [6, 6.07) is 9.55. The number of benzene rings is 1. The molecule has 1 aliphatic rings. The van der Waals surface area contributed by atoms with Crippen molar-refractivity contribution in [2.24, 2.45) is 0 Å². The molecule has 0 radical (unpaired) electrons. The normalized spacial score (nSPS) is 14.6. The second-order valence-electron chi connectivity index (χ2n) is 4.47. The molecule has 0 spiro atoms. The van der Waals surface area contributed by atoms with E-state index in [2.05, 4.69) is 5.32 Å². The Hall–Kier alpha value is -2.05. The second-order valence-corrected chi connectivity index (χ2v) is 5.42. The van der Waals surface area contributed by atoms with Gasteiger partial charge in [0.25, 0.3) is 0 Å². The Labute approximate surface area is 120 Å². The molecule has 2 aromatic rings. The molecule has 1 aromatic heterocycles. The quantitative estimate of drug-likeness (QED) is 0.852. The van der Waals surface area contributed by atoms with E-state index in [0.29, 0.717) is 24.6 Å². The zero-order valence-corrected chi connectivity index (χ0v) is 11.5. The summed E-state index contributed by atoms with van der Waals surface area (Å²) in [6.07, 6.45) is -0.662. The molecule has 5 nitrogen and oxygen atoms in total. The number of carbonyl (C=O) groups is 1. The van der Waals surface area contributed by atoms with Crippen molar-refractivity contribution in [3.05, 3.63) is 35.7 Å². The number of hydrogen-bond donors (Lipinski definition) is 2. The van der Waals surface area contributed by atoms with Gasteiger partial charge >= 0.3 is 6.09 Å². The first-order valence-corrected chi connectivity index (χ1v) is 7.09. The number of thiophene rings is 1. The number of hydrogen-bond acceptors (Lipinski definition) is 5. The van der Waals surface area contributed by atoms with E-state index in [4.69, 9.17) is 15.2 Å². The summed E-state index contributed by atoms with van der Waals surface area (Å²) in [5, 5.41) is 4.68. The van der Waals surface area contributed by atoms with Crippen molar-refractivity contribution in [3.8, 4) is 10.4 Å². The van der Waals surface area contributed by atoms with Crippen LogP contribution < -0.4 is 11.1 Å². The van der Waals surface area contributed by atoms with Gasteiger partial charge in [0.1, 0.15) is 0 Å². The minimum absolute atomic E-state index is 0.156. The number of carbonyl (C=O) groups excluding carboxylic acids is 1. The maximum Gasteiger partial charge on any atom is 0.412 e. The highest BCUT2D eigenvalue weighted by molar-refractivity contribution is 7.13. The Bertz CT molecular complexity index is 609. The van der Waals surface area contributed by atoms with Gasteiger partial charge in [-0.3, -0.25) is 5.32 Å².